The zero-order valence-corrected chi connectivity index (χ0v) is 18.5. The summed E-state index contributed by atoms with van der Waals surface area (Å²) in [4.78, 5) is 51.6. The molecule has 0 aliphatic rings. The number of amides is 3. The molecule has 0 fully saturated rings. The standard InChI is InChI=1S/C17H33N7O6S/c1-9(25)13(18)15(28)24-10(4-3-6-21-17(19)20)14(27)22-8-12(26)23-11(16(29)30)5-7-31-2/h9-11,13,25H,3-8,18H2,1-2H3,(H,22,27)(H,23,26)(H,24,28)(H,29,30)(H4,19,20,21). The van der Waals surface area contributed by atoms with Gasteiger partial charge in [-0.25, -0.2) is 4.79 Å². The first-order valence-electron chi connectivity index (χ1n) is 9.57. The second-order valence-corrected chi connectivity index (χ2v) is 7.72. The van der Waals surface area contributed by atoms with Crippen molar-refractivity contribution in [2.45, 2.75) is 50.4 Å². The smallest absolute Gasteiger partial charge is 0.326 e. The van der Waals surface area contributed by atoms with Crippen LogP contribution in [0.4, 0.5) is 0 Å². The van der Waals surface area contributed by atoms with E-state index in [1.54, 1.807) is 0 Å². The van der Waals surface area contributed by atoms with Crippen molar-refractivity contribution in [3.05, 3.63) is 0 Å². The van der Waals surface area contributed by atoms with Crippen LogP contribution in [0.5, 0.6) is 0 Å². The van der Waals surface area contributed by atoms with Gasteiger partial charge >= 0.3 is 5.97 Å². The minimum Gasteiger partial charge on any atom is -0.480 e. The van der Waals surface area contributed by atoms with Crippen LogP contribution in [0.1, 0.15) is 26.2 Å². The van der Waals surface area contributed by atoms with Gasteiger partial charge in [-0.05, 0) is 38.2 Å². The monoisotopic (exact) mass is 463 g/mol. The Morgan fingerprint density at radius 3 is 2.23 bits per heavy atom. The number of carbonyl (C=O) groups excluding carboxylic acids is 3. The van der Waals surface area contributed by atoms with E-state index in [4.69, 9.17) is 22.3 Å². The van der Waals surface area contributed by atoms with E-state index in [2.05, 4.69) is 20.9 Å². The molecule has 0 saturated carbocycles. The number of aliphatic hydroxyl groups is 1. The summed E-state index contributed by atoms with van der Waals surface area (Å²) in [5, 5.41) is 25.7. The van der Waals surface area contributed by atoms with Crippen molar-refractivity contribution in [3.63, 3.8) is 0 Å². The van der Waals surface area contributed by atoms with Crippen molar-refractivity contribution in [2.75, 3.05) is 25.1 Å². The number of carboxylic acid groups (broad SMARTS) is 1. The number of aliphatic carboxylic acids is 1. The molecule has 0 aromatic heterocycles. The predicted molar refractivity (Wildman–Crippen MR) is 117 cm³/mol. The van der Waals surface area contributed by atoms with Crippen LogP contribution in [0, 0.1) is 0 Å². The van der Waals surface area contributed by atoms with Gasteiger partial charge in [-0.15, -0.1) is 0 Å². The molecule has 14 heteroatoms. The molecule has 3 amide bonds. The number of nitrogens with zero attached hydrogens (tertiary/aromatic N) is 1. The number of nitrogens with two attached hydrogens (primary N) is 3. The highest BCUT2D eigenvalue weighted by molar-refractivity contribution is 7.98. The van der Waals surface area contributed by atoms with Crippen molar-refractivity contribution < 1.29 is 29.4 Å². The Morgan fingerprint density at radius 2 is 1.71 bits per heavy atom. The second-order valence-electron chi connectivity index (χ2n) is 6.73. The van der Waals surface area contributed by atoms with Gasteiger partial charge in [0.15, 0.2) is 5.96 Å². The molecule has 4 unspecified atom stereocenters. The van der Waals surface area contributed by atoms with E-state index < -0.39 is 54.5 Å². The van der Waals surface area contributed by atoms with Gasteiger partial charge in [-0.1, -0.05) is 0 Å². The molecule has 13 nitrogen and oxygen atoms in total. The van der Waals surface area contributed by atoms with Crippen LogP contribution in [0.3, 0.4) is 0 Å². The molecule has 31 heavy (non-hydrogen) atoms. The molecule has 0 aromatic rings. The van der Waals surface area contributed by atoms with Crippen LogP contribution >= 0.6 is 11.8 Å². The Balaban J connectivity index is 4.92. The van der Waals surface area contributed by atoms with Crippen LogP contribution in [0.25, 0.3) is 0 Å². The fourth-order valence-corrected chi connectivity index (χ4v) is 2.76. The van der Waals surface area contributed by atoms with Gasteiger partial charge in [-0.3, -0.25) is 19.4 Å². The van der Waals surface area contributed by atoms with Gasteiger partial charge in [0, 0.05) is 6.54 Å². The van der Waals surface area contributed by atoms with Gasteiger partial charge in [0.2, 0.25) is 17.7 Å². The number of thioether (sulfide) groups is 1. The molecule has 178 valence electrons. The minimum atomic E-state index is -1.25. The molecule has 11 N–H and O–H groups in total. The molecule has 0 aliphatic carbocycles. The van der Waals surface area contributed by atoms with E-state index in [0.29, 0.717) is 12.2 Å². The number of carbonyl (C=O) groups is 4. The van der Waals surface area contributed by atoms with Crippen molar-refractivity contribution >= 4 is 41.4 Å². The lowest BCUT2D eigenvalue weighted by Crippen LogP contribution is -2.55. The largest absolute Gasteiger partial charge is 0.480 e. The van der Waals surface area contributed by atoms with E-state index in [1.165, 1.54) is 18.7 Å². The first-order valence-corrected chi connectivity index (χ1v) is 11.0. The lowest BCUT2D eigenvalue weighted by molar-refractivity contribution is -0.141. The fourth-order valence-electron chi connectivity index (χ4n) is 2.29. The third-order valence-electron chi connectivity index (χ3n) is 4.07. The number of carboxylic acids is 1. The van der Waals surface area contributed by atoms with E-state index >= 15 is 0 Å². The minimum absolute atomic E-state index is 0.118. The van der Waals surface area contributed by atoms with Gasteiger partial charge < -0.3 is 43.4 Å². The summed E-state index contributed by atoms with van der Waals surface area (Å²) in [6, 6.07) is -3.38. The highest BCUT2D eigenvalue weighted by atomic mass is 32.2. The summed E-state index contributed by atoms with van der Waals surface area (Å²) < 4.78 is 0. The number of aliphatic hydroxyl groups excluding tert-OH is 1. The maximum Gasteiger partial charge on any atom is 0.326 e. The fraction of sp³-hybridized carbons (Fsp3) is 0.706. The average molecular weight is 464 g/mol. The third-order valence-corrected chi connectivity index (χ3v) is 4.71. The highest BCUT2D eigenvalue weighted by Gasteiger charge is 2.26. The summed E-state index contributed by atoms with van der Waals surface area (Å²) >= 11 is 1.44. The average Bonchev–Trinajstić information content (AvgIpc) is 2.70. The molecule has 4 atom stereocenters. The topological polar surface area (TPSA) is 235 Å². The van der Waals surface area contributed by atoms with Gasteiger partial charge in [0.1, 0.15) is 18.1 Å². The van der Waals surface area contributed by atoms with E-state index in [9.17, 15) is 24.3 Å². The Kier molecular flexibility index (Phi) is 14.0. The summed E-state index contributed by atoms with van der Waals surface area (Å²) in [5.74, 6) is -2.87. The maximum absolute atomic E-state index is 12.5. The summed E-state index contributed by atoms with van der Waals surface area (Å²) in [6.45, 7) is 1.06. The number of aliphatic imine (C=N–C) groups is 1. The summed E-state index contributed by atoms with van der Waals surface area (Å²) in [7, 11) is 0. The summed E-state index contributed by atoms with van der Waals surface area (Å²) in [6.07, 6.45) is 1.38. The molecule has 0 aromatic carbocycles. The van der Waals surface area contributed by atoms with E-state index in [-0.39, 0.29) is 25.3 Å². The van der Waals surface area contributed by atoms with Gasteiger partial charge in [-0.2, -0.15) is 11.8 Å². The number of hydrogen-bond donors (Lipinski definition) is 8. The Hall–Kier alpha value is -2.58. The first-order chi connectivity index (χ1) is 14.5. The first kappa shape index (κ1) is 28.4. The third kappa shape index (κ3) is 12.7. The summed E-state index contributed by atoms with van der Waals surface area (Å²) in [5.41, 5.74) is 16.1. The molecule has 0 radical (unpaired) electrons. The van der Waals surface area contributed by atoms with E-state index in [0.717, 1.165) is 0 Å². The molecule has 0 aliphatic heterocycles. The normalized spacial score (nSPS) is 14.5. The van der Waals surface area contributed by atoms with Gasteiger partial charge in [0.25, 0.3) is 0 Å². The van der Waals surface area contributed by atoms with Crippen molar-refractivity contribution in [3.8, 4) is 0 Å². The zero-order chi connectivity index (χ0) is 24.0. The highest BCUT2D eigenvalue weighted by Crippen LogP contribution is 2.02. The molecule has 0 heterocycles. The van der Waals surface area contributed by atoms with Gasteiger partial charge in [0.05, 0.1) is 12.6 Å². The molecular formula is C17H33N7O6S. The Bertz CT molecular complexity index is 642. The molecular weight excluding hydrogens is 430 g/mol. The van der Waals surface area contributed by atoms with Crippen LogP contribution in [-0.2, 0) is 19.2 Å². The van der Waals surface area contributed by atoms with Crippen LogP contribution < -0.4 is 33.2 Å². The molecule has 0 saturated heterocycles. The van der Waals surface area contributed by atoms with Crippen LogP contribution in [0.2, 0.25) is 0 Å². The predicted octanol–water partition coefficient (Wildman–Crippen LogP) is -3.33. The number of rotatable bonds is 15. The zero-order valence-electron chi connectivity index (χ0n) is 17.7. The molecule has 0 spiro atoms. The molecule has 0 rings (SSSR count). The lowest BCUT2D eigenvalue weighted by atomic mass is 10.1. The van der Waals surface area contributed by atoms with Crippen molar-refractivity contribution in [2.24, 2.45) is 22.2 Å². The maximum atomic E-state index is 12.5. The number of hydrogen-bond acceptors (Lipinski definition) is 8. The van der Waals surface area contributed by atoms with Crippen LogP contribution in [0.15, 0.2) is 4.99 Å². The van der Waals surface area contributed by atoms with E-state index in [1.807, 2.05) is 6.26 Å². The van der Waals surface area contributed by atoms with Crippen molar-refractivity contribution in [1.82, 2.24) is 16.0 Å². The lowest BCUT2D eigenvalue weighted by Gasteiger charge is -2.22. The SMILES string of the molecule is CSCCC(NC(=O)CNC(=O)C(CCCN=C(N)N)NC(=O)C(N)C(C)O)C(=O)O. The number of guanidine groups is 1. The molecule has 0 bridgehead atoms. The van der Waals surface area contributed by atoms with Crippen LogP contribution in [-0.4, -0.2) is 89.2 Å². The quantitative estimate of drug-likeness (QED) is 0.0683. The Morgan fingerprint density at radius 1 is 1.06 bits per heavy atom. The Labute approximate surface area is 185 Å². The second kappa shape index (κ2) is 15.3. The van der Waals surface area contributed by atoms with Crippen molar-refractivity contribution in [1.29, 1.82) is 0 Å². The number of nitrogens with one attached hydrogen (secondary N) is 3.